The number of sulfone groups is 2. The highest BCUT2D eigenvalue weighted by atomic mass is 32.2. The Labute approximate surface area is 174 Å². The summed E-state index contributed by atoms with van der Waals surface area (Å²) in [6.07, 6.45) is 1.86. The average molecular weight is 444 g/mol. The smallest absolute Gasteiger partial charge is 0.258 e. The van der Waals surface area contributed by atoms with Gasteiger partial charge in [-0.1, -0.05) is 60.7 Å². The van der Waals surface area contributed by atoms with E-state index in [0.717, 1.165) is 17.7 Å². The van der Waals surface area contributed by atoms with Crippen LogP contribution in [-0.2, 0) is 19.7 Å². The lowest BCUT2D eigenvalue weighted by atomic mass is 10.0. The highest BCUT2D eigenvalue weighted by molar-refractivity contribution is 7.98. The van der Waals surface area contributed by atoms with Gasteiger partial charge in [0.2, 0.25) is 9.84 Å². The predicted octanol–water partition coefficient (Wildman–Crippen LogP) is 3.82. The van der Waals surface area contributed by atoms with Crippen LogP contribution in [0.2, 0.25) is 0 Å². The van der Waals surface area contributed by atoms with Gasteiger partial charge in [-0.15, -0.1) is 0 Å². The van der Waals surface area contributed by atoms with Gasteiger partial charge in [0.05, 0.1) is 15.2 Å². The van der Waals surface area contributed by atoms with Crippen molar-refractivity contribution in [2.45, 2.75) is 4.90 Å². The van der Waals surface area contributed by atoms with E-state index in [1.165, 1.54) is 24.3 Å². The first-order valence-electron chi connectivity index (χ1n) is 8.66. The third-order valence-electron chi connectivity index (χ3n) is 4.23. The van der Waals surface area contributed by atoms with Gasteiger partial charge in [0, 0.05) is 12.3 Å². The van der Waals surface area contributed by atoms with Gasteiger partial charge in [0.25, 0.3) is 5.70 Å². The van der Waals surface area contributed by atoms with E-state index in [0.29, 0.717) is 16.4 Å². The van der Waals surface area contributed by atoms with Crippen molar-refractivity contribution in [3.63, 3.8) is 0 Å². The predicted molar refractivity (Wildman–Crippen MR) is 115 cm³/mol. The van der Waals surface area contributed by atoms with Crippen molar-refractivity contribution in [3.05, 3.63) is 104 Å². The van der Waals surface area contributed by atoms with Crippen LogP contribution in [0.3, 0.4) is 0 Å². The molecule has 0 heterocycles. The summed E-state index contributed by atoms with van der Waals surface area (Å²) in [5.41, 5.74) is -0.442. The second-order valence-electron chi connectivity index (χ2n) is 6.48. The number of nitro groups is 1. The lowest BCUT2D eigenvalue weighted by Gasteiger charge is -2.08. The minimum Gasteiger partial charge on any atom is -0.258 e. The maximum absolute atomic E-state index is 13.1. The molecule has 3 aromatic rings. The van der Waals surface area contributed by atoms with Crippen LogP contribution in [-0.4, -0.2) is 28.0 Å². The zero-order valence-electron chi connectivity index (χ0n) is 15.8. The molecule has 9 heteroatoms. The zero-order chi connectivity index (χ0) is 21.9. The average Bonchev–Trinajstić information content (AvgIpc) is 2.70. The Bertz CT molecular complexity index is 1380. The third-order valence-corrected chi connectivity index (χ3v) is 6.84. The molecule has 0 N–H and O–H groups in total. The number of benzene rings is 3. The maximum Gasteiger partial charge on any atom is 0.289 e. The zero-order valence-corrected chi connectivity index (χ0v) is 17.4. The Morgan fingerprint density at radius 3 is 2.10 bits per heavy atom. The first-order valence-corrected chi connectivity index (χ1v) is 12.1. The SMILES string of the molecule is CS(=O)(=O)/C=C(\C(=C/c1cccc2ccccc12)[N+](=O)[O-])S(=O)(=O)c1ccccc1. The molecule has 30 heavy (non-hydrogen) atoms. The van der Waals surface area contributed by atoms with Crippen molar-refractivity contribution in [1.29, 1.82) is 0 Å². The standard InChI is InChI=1S/C21H17NO6S2/c1-29(25,26)15-21(30(27,28)18-11-3-2-4-12-18)20(22(23)24)14-17-10-7-9-16-8-5-6-13-19(16)17/h2-15H,1H3/b20-14+,21-15+. The molecule has 0 aliphatic rings. The van der Waals surface area contributed by atoms with Crippen molar-refractivity contribution in [2.24, 2.45) is 0 Å². The molecular formula is C21H17NO6S2. The molecule has 3 aromatic carbocycles. The second-order valence-corrected chi connectivity index (χ2v) is 10.3. The lowest BCUT2D eigenvalue weighted by molar-refractivity contribution is -0.418. The molecule has 0 spiro atoms. The van der Waals surface area contributed by atoms with E-state index in [2.05, 4.69) is 0 Å². The first-order chi connectivity index (χ1) is 14.1. The van der Waals surface area contributed by atoms with Crippen LogP contribution in [0.1, 0.15) is 5.56 Å². The van der Waals surface area contributed by atoms with Gasteiger partial charge < -0.3 is 0 Å². The second kappa shape index (κ2) is 8.21. The van der Waals surface area contributed by atoms with E-state index in [9.17, 15) is 26.9 Å². The Morgan fingerprint density at radius 2 is 1.47 bits per heavy atom. The number of fused-ring (bicyclic) bond motifs is 1. The van der Waals surface area contributed by atoms with Crippen LogP contribution in [0, 0.1) is 10.1 Å². The highest BCUT2D eigenvalue weighted by Gasteiger charge is 2.33. The fourth-order valence-electron chi connectivity index (χ4n) is 2.92. The summed E-state index contributed by atoms with van der Waals surface area (Å²) in [6.45, 7) is 0. The minimum atomic E-state index is -4.48. The van der Waals surface area contributed by atoms with Crippen LogP contribution >= 0.6 is 0 Å². The summed E-state index contributed by atoms with van der Waals surface area (Å²) in [5.74, 6) is 0. The molecular weight excluding hydrogens is 426 g/mol. The molecule has 0 amide bonds. The molecule has 0 aliphatic heterocycles. The van der Waals surface area contributed by atoms with E-state index in [-0.39, 0.29) is 4.90 Å². The summed E-state index contributed by atoms with van der Waals surface area (Å²) in [7, 11) is -8.49. The monoisotopic (exact) mass is 443 g/mol. The van der Waals surface area contributed by atoms with E-state index >= 15 is 0 Å². The van der Waals surface area contributed by atoms with Crippen molar-refractivity contribution in [1.82, 2.24) is 0 Å². The highest BCUT2D eigenvalue weighted by Crippen LogP contribution is 2.29. The quantitative estimate of drug-likeness (QED) is 0.325. The molecule has 0 saturated carbocycles. The Balaban J connectivity index is 2.33. The first kappa shape index (κ1) is 21.4. The molecule has 0 bridgehead atoms. The number of hydrogen-bond acceptors (Lipinski definition) is 6. The Morgan fingerprint density at radius 1 is 0.867 bits per heavy atom. The van der Waals surface area contributed by atoms with Crippen molar-refractivity contribution >= 4 is 36.5 Å². The summed E-state index contributed by atoms with van der Waals surface area (Å²) in [5, 5.41) is 13.8. The number of nitrogens with zero attached hydrogens (tertiary/aromatic N) is 1. The van der Waals surface area contributed by atoms with E-state index in [4.69, 9.17) is 0 Å². The fraction of sp³-hybridized carbons (Fsp3) is 0.0476. The fourth-order valence-corrected chi connectivity index (χ4v) is 5.64. The summed E-state index contributed by atoms with van der Waals surface area (Å²) in [6, 6.07) is 19.2. The van der Waals surface area contributed by atoms with Gasteiger partial charge in [-0.05, 0) is 28.5 Å². The molecule has 154 valence electrons. The Hall–Kier alpha value is -3.30. The van der Waals surface area contributed by atoms with Gasteiger partial charge in [-0.25, -0.2) is 16.8 Å². The third kappa shape index (κ3) is 4.64. The van der Waals surface area contributed by atoms with Crippen molar-refractivity contribution in [2.75, 3.05) is 6.26 Å². The number of rotatable bonds is 6. The lowest BCUT2D eigenvalue weighted by Crippen LogP contribution is -2.14. The van der Waals surface area contributed by atoms with E-state index < -0.39 is 35.2 Å². The van der Waals surface area contributed by atoms with E-state index in [1.54, 1.807) is 36.4 Å². The van der Waals surface area contributed by atoms with Gasteiger partial charge in [-0.2, -0.15) is 0 Å². The van der Waals surface area contributed by atoms with Crippen molar-refractivity contribution in [3.8, 4) is 0 Å². The molecule has 0 fully saturated rings. The van der Waals surface area contributed by atoms with Crippen LogP contribution in [0.4, 0.5) is 0 Å². The molecule has 0 aliphatic carbocycles. The molecule has 0 radical (unpaired) electrons. The minimum absolute atomic E-state index is 0.245. The van der Waals surface area contributed by atoms with Crippen LogP contribution in [0.15, 0.2) is 93.7 Å². The summed E-state index contributed by atoms with van der Waals surface area (Å²) < 4.78 is 50.1. The van der Waals surface area contributed by atoms with Crippen molar-refractivity contribution < 1.29 is 21.8 Å². The molecule has 3 rings (SSSR count). The topological polar surface area (TPSA) is 111 Å². The van der Waals surface area contributed by atoms with E-state index in [1.807, 2.05) is 12.1 Å². The molecule has 0 unspecified atom stereocenters. The molecule has 0 atom stereocenters. The van der Waals surface area contributed by atoms with Crippen LogP contribution in [0.25, 0.3) is 16.8 Å². The van der Waals surface area contributed by atoms with Crippen LogP contribution < -0.4 is 0 Å². The molecule has 0 saturated heterocycles. The van der Waals surface area contributed by atoms with Gasteiger partial charge >= 0.3 is 0 Å². The van der Waals surface area contributed by atoms with Gasteiger partial charge in [0.15, 0.2) is 14.7 Å². The largest absolute Gasteiger partial charge is 0.289 e. The normalized spacial score (nSPS) is 13.4. The van der Waals surface area contributed by atoms with Gasteiger partial charge in [-0.3, -0.25) is 10.1 Å². The Kier molecular flexibility index (Phi) is 5.86. The maximum atomic E-state index is 13.1. The molecule has 0 aromatic heterocycles. The molecule has 7 nitrogen and oxygen atoms in total. The van der Waals surface area contributed by atoms with Crippen LogP contribution in [0.5, 0.6) is 0 Å². The summed E-state index contributed by atoms with van der Waals surface area (Å²) in [4.78, 5) is 9.85. The number of hydrogen-bond donors (Lipinski definition) is 0. The summed E-state index contributed by atoms with van der Waals surface area (Å²) >= 11 is 0. The van der Waals surface area contributed by atoms with Gasteiger partial charge in [0.1, 0.15) is 0 Å².